The zero-order valence-electron chi connectivity index (χ0n) is 24.0. The molecule has 0 spiro atoms. The molecule has 0 radical (unpaired) electrons. The summed E-state index contributed by atoms with van der Waals surface area (Å²) in [5.41, 5.74) is 0.0978. The van der Waals surface area contributed by atoms with E-state index in [2.05, 4.69) is 20.3 Å². The average molecular weight is 603 g/mol. The highest BCUT2D eigenvalue weighted by Gasteiger charge is 2.39. The van der Waals surface area contributed by atoms with Crippen molar-refractivity contribution < 1.29 is 27.3 Å². The van der Waals surface area contributed by atoms with Crippen LogP contribution in [0.2, 0.25) is 0 Å². The van der Waals surface area contributed by atoms with Gasteiger partial charge >= 0.3 is 0 Å². The van der Waals surface area contributed by atoms with E-state index in [-0.39, 0.29) is 17.4 Å². The van der Waals surface area contributed by atoms with Crippen LogP contribution in [0, 0.1) is 18.7 Å². The predicted molar refractivity (Wildman–Crippen MR) is 154 cm³/mol. The molecule has 0 unspecified atom stereocenters. The van der Waals surface area contributed by atoms with Crippen LogP contribution in [0.5, 0.6) is 0 Å². The van der Waals surface area contributed by atoms with Gasteiger partial charge in [0.25, 0.3) is 5.92 Å². The van der Waals surface area contributed by atoms with Gasteiger partial charge in [-0.25, -0.2) is 14.4 Å². The third-order valence-electron chi connectivity index (χ3n) is 8.01. The summed E-state index contributed by atoms with van der Waals surface area (Å²) in [6.45, 7) is 4.36. The summed E-state index contributed by atoms with van der Waals surface area (Å²) in [5.74, 6) is -4.25. The van der Waals surface area contributed by atoms with Crippen LogP contribution in [0.3, 0.4) is 0 Å². The first-order valence-electron chi connectivity index (χ1n) is 14.0. The minimum absolute atomic E-state index is 0.00292. The summed E-state index contributed by atoms with van der Waals surface area (Å²) < 4.78 is 59.5. The number of aryl methyl sites for hydroxylation is 1. The number of pyridine rings is 1. The molecule has 3 aromatic rings. The lowest BCUT2D eigenvalue weighted by Gasteiger charge is -2.32. The van der Waals surface area contributed by atoms with E-state index in [9.17, 15) is 22.9 Å². The molecule has 1 aliphatic carbocycles. The van der Waals surface area contributed by atoms with Crippen molar-refractivity contribution in [3.8, 4) is 0 Å². The summed E-state index contributed by atoms with van der Waals surface area (Å²) in [7, 11) is -1.66. The molecule has 5 rings (SSSR count). The van der Waals surface area contributed by atoms with Gasteiger partial charge in [0.05, 0.1) is 29.9 Å². The summed E-state index contributed by atoms with van der Waals surface area (Å²) in [5, 5.41) is 3.66. The monoisotopic (exact) mass is 602 g/mol. The number of fused-ring (bicyclic) bond motifs is 1. The molecular weight excluding hydrogens is 568 g/mol. The number of aromatic nitrogens is 3. The van der Waals surface area contributed by atoms with Crippen LogP contribution in [-0.4, -0.2) is 75.6 Å². The highest BCUT2D eigenvalue weighted by Crippen LogP contribution is 2.47. The van der Waals surface area contributed by atoms with E-state index in [0.29, 0.717) is 53.4 Å². The SMILES string of the molecule is CC(=O)N(C)CC(F)(F)c1cccc([C@@H](C)Nc2nc(C)nc3cnc(P4(=O)CCN(C(=O)C5CC5)CC4)cc23)c1F. The first-order chi connectivity index (χ1) is 19.8. The summed E-state index contributed by atoms with van der Waals surface area (Å²) in [6.07, 6.45) is 4.03. The summed E-state index contributed by atoms with van der Waals surface area (Å²) in [6, 6.07) is 4.68. The summed E-state index contributed by atoms with van der Waals surface area (Å²) in [4.78, 5) is 40.0. The number of hydrogen-bond donors (Lipinski definition) is 1. The van der Waals surface area contributed by atoms with Gasteiger partial charge in [-0.15, -0.1) is 0 Å². The average Bonchev–Trinajstić information content (AvgIpc) is 3.78. The summed E-state index contributed by atoms with van der Waals surface area (Å²) >= 11 is 0. The number of carbonyl (C=O) groups is 2. The third-order valence-corrected chi connectivity index (χ3v) is 10.9. The van der Waals surface area contributed by atoms with Crippen LogP contribution in [0.25, 0.3) is 10.9 Å². The molecule has 1 saturated heterocycles. The van der Waals surface area contributed by atoms with Crippen LogP contribution in [-0.2, 0) is 20.1 Å². The van der Waals surface area contributed by atoms with Gasteiger partial charge in [-0.2, -0.15) is 8.78 Å². The number of hydrogen-bond acceptors (Lipinski definition) is 7. The molecule has 1 atom stereocenters. The number of nitrogens with zero attached hydrogens (tertiary/aromatic N) is 5. The molecule has 1 aliphatic heterocycles. The Kier molecular flexibility index (Phi) is 8.04. The molecule has 9 nitrogen and oxygen atoms in total. The smallest absolute Gasteiger partial charge is 0.293 e. The van der Waals surface area contributed by atoms with Crippen LogP contribution in [0.4, 0.5) is 19.0 Å². The maximum absolute atomic E-state index is 15.5. The largest absolute Gasteiger partial charge is 0.363 e. The van der Waals surface area contributed by atoms with Crippen LogP contribution in [0.15, 0.2) is 30.5 Å². The second-order valence-corrected chi connectivity index (χ2v) is 14.4. The first kappa shape index (κ1) is 29.9. The number of halogens is 3. The molecule has 1 N–H and O–H groups in total. The van der Waals surface area contributed by atoms with Gasteiger partial charge in [0.1, 0.15) is 30.0 Å². The third kappa shape index (κ3) is 6.00. The van der Waals surface area contributed by atoms with E-state index >= 15 is 4.39 Å². The van der Waals surface area contributed by atoms with Crippen LogP contribution < -0.4 is 10.8 Å². The first-order valence-corrected chi connectivity index (χ1v) is 16.0. The molecule has 2 aliphatic rings. The van der Waals surface area contributed by atoms with E-state index < -0.39 is 42.9 Å². The minimum atomic E-state index is -3.61. The number of carbonyl (C=O) groups excluding carboxylic acids is 2. The second kappa shape index (κ2) is 11.3. The lowest BCUT2D eigenvalue weighted by molar-refractivity contribution is -0.133. The van der Waals surface area contributed by atoms with Crippen molar-refractivity contribution >= 4 is 41.1 Å². The second-order valence-electron chi connectivity index (χ2n) is 11.3. The van der Waals surface area contributed by atoms with E-state index in [1.54, 1.807) is 24.8 Å². The van der Waals surface area contributed by atoms with Gasteiger partial charge in [0.2, 0.25) is 11.8 Å². The molecule has 1 saturated carbocycles. The zero-order valence-corrected chi connectivity index (χ0v) is 24.9. The molecular formula is C29H34F3N6O3P. The predicted octanol–water partition coefficient (Wildman–Crippen LogP) is 4.46. The fraction of sp³-hybridized carbons (Fsp3) is 0.483. The Bertz CT molecular complexity index is 1590. The van der Waals surface area contributed by atoms with Crippen LogP contribution >= 0.6 is 7.14 Å². The zero-order chi connectivity index (χ0) is 30.4. The number of amides is 2. The van der Waals surface area contributed by atoms with E-state index in [0.717, 1.165) is 23.8 Å². The number of alkyl halides is 2. The fourth-order valence-corrected chi connectivity index (χ4v) is 7.68. The Hall–Kier alpha value is -3.53. The quantitative estimate of drug-likeness (QED) is 0.380. The van der Waals surface area contributed by atoms with Gasteiger partial charge in [0.15, 0.2) is 0 Å². The number of benzene rings is 1. The van der Waals surface area contributed by atoms with Crippen molar-refractivity contribution in [2.24, 2.45) is 5.92 Å². The molecule has 2 aromatic heterocycles. The Morgan fingerprint density at radius 3 is 2.55 bits per heavy atom. The van der Waals surface area contributed by atoms with Crippen LogP contribution in [0.1, 0.15) is 49.7 Å². The van der Waals surface area contributed by atoms with Gasteiger partial charge in [-0.1, -0.05) is 12.1 Å². The highest BCUT2D eigenvalue weighted by molar-refractivity contribution is 7.71. The topological polar surface area (TPSA) is 108 Å². The number of nitrogens with one attached hydrogen (secondary N) is 1. The van der Waals surface area contributed by atoms with E-state index in [4.69, 9.17) is 0 Å². The standard InChI is InChI=1S/C29H34F3N6O3P/c1-17(21-6-5-7-23(26(21)30)29(31,32)16-37(4)19(3)39)34-27-22-14-25(33-15-24(22)35-18(2)36-27)42(41)12-10-38(11-13-42)28(40)20-8-9-20/h5-7,14-15,17,20H,8-13,16H2,1-4H3,(H,34,35,36)/t17-/m1/s1. The number of likely N-dealkylation sites (N-methyl/N-ethyl adjacent to an activating group) is 1. The van der Waals surface area contributed by atoms with Gasteiger partial charge in [0, 0.05) is 56.3 Å². The molecule has 2 amide bonds. The Morgan fingerprint density at radius 2 is 1.90 bits per heavy atom. The van der Waals surface area contributed by atoms with Crippen molar-refractivity contribution in [2.75, 3.05) is 44.3 Å². The molecule has 42 heavy (non-hydrogen) atoms. The fourth-order valence-electron chi connectivity index (χ4n) is 5.24. The lowest BCUT2D eigenvalue weighted by atomic mass is 9.99. The highest BCUT2D eigenvalue weighted by atomic mass is 31.2. The van der Waals surface area contributed by atoms with Crippen molar-refractivity contribution in [1.29, 1.82) is 0 Å². The van der Waals surface area contributed by atoms with Crippen molar-refractivity contribution in [2.45, 2.75) is 45.6 Å². The van der Waals surface area contributed by atoms with Gasteiger partial charge in [-0.05, 0) is 38.8 Å². The normalized spacial score (nSPS) is 17.6. The molecule has 13 heteroatoms. The molecule has 0 bridgehead atoms. The maximum atomic E-state index is 15.5. The maximum Gasteiger partial charge on any atom is 0.293 e. The Labute approximate surface area is 242 Å². The lowest BCUT2D eigenvalue weighted by Crippen LogP contribution is -2.42. The number of rotatable bonds is 8. The molecule has 2 fully saturated rings. The molecule has 224 valence electrons. The number of anilines is 1. The van der Waals surface area contributed by atoms with Crippen molar-refractivity contribution in [1.82, 2.24) is 24.8 Å². The minimum Gasteiger partial charge on any atom is -0.363 e. The Balaban J connectivity index is 1.41. The molecule has 3 heterocycles. The van der Waals surface area contributed by atoms with E-state index in [1.807, 2.05) is 0 Å². The van der Waals surface area contributed by atoms with Crippen molar-refractivity contribution in [3.05, 3.63) is 53.2 Å². The van der Waals surface area contributed by atoms with Crippen molar-refractivity contribution in [3.63, 3.8) is 0 Å². The Morgan fingerprint density at radius 1 is 1.21 bits per heavy atom. The van der Waals surface area contributed by atoms with Gasteiger partial charge in [-0.3, -0.25) is 14.6 Å². The van der Waals surface area contributed by atoms with Gasteiger partial charge < -0.3 is 19.7 Å². The van der Waals surface area contributed by atoms with E-state index in [1.165, 1.54) is 32.3 Å². The molecule has 1 aromatic carbocycles.